The van der Waals surface area contributed by atoms with Gasteiger partial charge in [-0.15, -0.1) is 0 Å². The zero-order valence-corrected chi connectivity index (χ0v) is 6.89. The highest BCUT2D eigenvalue weighted by molar-refractivity contribution is 9.12. The average Bonchev–Trinajstić information content (AvgIpc) is 1.81. The van der Waals surface area contributed by atoms with E-state index in [2.05, 4.69) is 29.1 Å². The Balaban J connectivity index is 4.49. The molecule has 0 aliphatic carbocycles. The van der Waals surface area contributed by atoms with Crippen LogP contribution in [0.4, 0.5) is 0 Å². The smallest absolute Gasteiger partial charge is 0.151 e. The van der Waals surface area contributed by atoms with Crippen molar-refractivity contribution in [3.05, 3.63) is 35.0 Å². The molecule has 0 unspecified atom stereocenters. The van der Waals surface area contributed by atoms with Crippen molar-refractivity contribution >= 4 is 22.2 Å². The molecule has 0 saturated heterocycles. The van der Waals surface area contributed by atoms with Crippen LogP contribution >= 0.6 is 15.9 Å². The second-order valence-electron chi connectivity index (χ2n) is 1.61. The number of carbonyl (C=O) groups is 1. The molecule has 0 radical (unpaired) electrons. The fraction of sp³-hybridized carbons (Fsp3) is 0. The minimum Gasteiger partial charge on any atom is -0.509 e. The molecule has 0 rings (SSSR count). The molecule has 0 aliphatic rings. The van der Waals surface area contributed by atoms with E-state index in [1.54, 1.807) is 0 Å². The van der Waals surface area contributed by atoms with Gasteiger partial charge < -0.3 is 5.11 Å². The standard InChI is InChI=1S/C7H7BrO2/c1-5(10)3-7(4-9)6(2)8/h3-4,10H,1-2H2/b7-3-. The van der Waals surface area contributed by atoms with Crippen molar-refractivity contribution < 1.29 is 9.90 Å². The van der Waals surface area contributed by atoms with Crippen LogP contribution in [0.25, 0.3) is 0 Å². The third-order valence-corrected chi connectivity index (χ3v) is 1.22. The van der Waals surface area contributed by atoms with Crippen LogP contribution in [0, 0.1) is 0 Å². The summed E-state index contributed by atoms with van der Waals surface area (Å²) in [6, 6.07) is 0. The number of rotatable bonds is 3. The van der Waals surface area contributed by atoms with Gasteiger partial charge in [0.05, 0.1) is 0 Å². The molecule has 10 heavy (non-hydrogen) atoms. The lowest BCUT2D eigenvalue weighted by Crippen LogP contribution is -1.83. The van der Waals surface area contributed by atoms with E-state index in [0.717, 1.165) is 0 Å². The monoisotopic (exact) mass is 202 g/mol. The van der Waals surface area contributed by atoms with Gasteiger partial charge in [0.2, 0.25) is 0 Å². The maximum absolute atomic E-state index is 10.2. The van der Waals surface area contributed by atoms with Gasteiger partial charge in [-0.05, 0) is 6.08 Å². The lowest BCUT2D eigenvalue weighted by Gasteiger charge is -1.92. The van der Waals surface area contributed by atoms with E-state index in [-0.39, 0.29) is 11.3 Å². The summed E-state index contributed by atoms with van der Waals surface area (Å²) in [4.78, 5) is 10.2. The molecule has 0 heterocycles. The molecule has 0 atom stereocenters. The third-order valence-electron chi connectivity index (χ3n) is 0.762. The summed E-state index contributed by atoms with van der Waals surface area (Å²) >= 11 is 2.98. The molecule has 1 N–H and O–H groups in total. The van der Waals surface area contributed by atoms with Crippen LogP contribution in [0.15, 0.2) is 35.0 Å². The van der Waals surface area contributed by atoms with Gasteiger partial charge in [-0.2, -0.15) is 0 Å². The summed E-state index contributed by atoms with van der Waals surface area (Å²) in [5, 5.41) is 8.61. The Morgan fingerprint density at radius 1 is 1.50 bits per heavy atom. The Morgan fingerprint density at radius 3 is 2.10 bits per heavy atom. The Kier molecular flexibility index (Phi) is 3.72. The van der Waals surface area contributed by atoms with Gasteiger partial charge in [0.1, 0.15) is 5.76 Å². The van der Waals surface area contributed by atoms with E-state index >= 15 is 0 Å². The fourth-order valence-corrected chi connectivity index (χ4v) is 0.564. The SMILES string of the molecule is C=C(O)/C=C(/C=O)C(=C)Br. The Labute approximate surface area is 67.7 Å². The van der Waals surface area contributed by atoms with Crippen molar-refractivity contribution in [2.45, 2.75) is 0 Å². The van der Waals surface area contributed by atoms with Crippen LogP contribution in [0.5, 0.6) is 0 Å². The quantitative estimate of drug-likeness (QED) is 0.330. The molecular weight excluding hydrogens is 196 g/mol. The van der Waals surface area contributed by atoms with Crippen molar-refractivity contribution in [2.75, 3.05) is 0 Å². The first-order valence-electron chi connectivity index (χ1n) is 2.47. The van der Waals surface area contributed by atoms with Crippen LogP contribution in [-0.2, 0) is 4.79 Å². The number of hydrogen-bond donors (Lipinski definition) is 1. The minimum atomic E-state index is -0.164. The third kappa shape index (κ3) is 3.25. The largest absolute Gasteiger partial charge is 0.509 e. The molecular formula is C7H7BrO2. The fourth-order valence-electron chi connectivity index (χ4n) is 0.356. The molecule has 54 valence electrons. The van der Waals surface area contributed by atoms with E-state index < -0.39 is 0 Å². The highest BCUT2D eigenvalue weighted by Gasteiger charge is 1.96. The van der Waals surface area contributed by atoms with E-state index in [1.165, 1.54) is 6.08 Å². The zero-order chi connectivity index (χ0) is 8.15. The van der Waals surface area contributed by atoms with E-state index in [1.807, 2.05) is 0 Å². The number of aliphatic hydroxyl groups is 1. The molecule has 3 heteroatoms. The first kappa shape index (κ1) is 9.17. The molecule has 0 fully saturated rings. The summed E-state index contributed by atoms with van der Waals surface area (Å²) in [6.07, 6.45) is 1.81. The number of aldehydes is 1. The Bertz CT molecular complexity index is 204. The Morgan fingerprint density at radius 2 is 2.00 bits per heavy atom. The number of allylic oxidation sites excluding steroid dienone is 3. The van der Waals surface area contributed by atoms with Crippen LogP contribution in [-0.4, -0.2) is 11.4 Å². The predicted molar refractivity (Wildman–Crippen MR) is 44.0 cm³/mol. The first-order chi connectivity index (χ1) is 4.57. The lowest BCUT2D eigenvalue weighted by atomic mass is 10.2. The maximum Gasteiger partial charge on any atom is 0.151 e. The van der Waals surface area contributed by atoms with Gasteiger partial charge in [0.25, 0.3) is 0 Å². The molecule has 0 bridgehead atoms. The number of hydrogen-bond acceptors (Lipinski definition) is 2. The summed E-state index contributed by atoms with van der Waals surface area (Å²) in [6.45, 7) is 6.63. The molecule has 0 saturated carbocycles. The molecule has 0 aromatic carbocycles. The summed E-state index contributed by atoms with van der Waals surface area (Å²) < 4.78 is 0.428. The normalized spacial score (nSPS) is 10.7. The van der Waals surface area contributed by atoms with Gasteiger partial charge in [-0.1, -0.05) is 29.1 Å². The second-order valence-corrected chi connectivity index (χ2v) is 2.57. The molecule has 0 aromatic rings. The van der Waals surface area contributed by atoms with Gasteiger partial charge in [-0.3, -0.25) is 4.79 Å². The topological polar surface area (TPSA) is 37.3 Å². The van der Waals surface area contributed by atoms with Crippen LogP contribution < -0.4 is 0 Å². The molecule has 0 amide bonds. The second kappa shape index (κ2) is 4.06. The van der Waals surface area contributed by atoms with Crippen LogP contribution in [0.1, 0.15) is 0 Å². The number of halogens is 1. The highest BCUT2D eigenvalue weighted by Crippen LogP contribution is 2.12. The average molecular weight is 203 g/mol. The van der Waals surface area contributed by atoms with Crippen molar-refractivity contribution in [3.8, 4) is 0 Å². The van der Waals surface area contributed by atoms with Crippen molar-refractivity contribution in [3.63, 3.8) is 0 Å². The maximum atomic E-state index is 10.2. The summed E-state index contributed by atoms with van der Waals surface area (Å²) in [7, 11) is 0. The molecule has 0 spiro atoms. The number of aliphatic hydroxyl groups excluding tert-OH is 1. The van der Waals surface area contributed by atoms with E-state index in [9.17, 15) is 4.79 Å². The van der Waals surface area contributed by atoms with Gasteiger partial charge >= 0.3 is 0 Å². The van der Waals surface area contributed by atoms with Crippen molar-refractivity contribution in [1.29, 1.82) is 0 Å². The van der Waals surface area contributed by atoms with Gasteiger partial charge in [-0.25, -0.2) is 0 Å². The highest BCUT2D eigenvalue weighted by atomic mass is 79.9. The predicted octanol–water partition coefficient (Wildman–Crippen LogP) is 2.09. The molecule has 2 nitrogen and oxygen atoms in total. The van der Waals surface area contributed by atoms with Crippen LogP contribution in [0.3, 0.4) is 0 Å². The van der Waals surface area contributed by atoms with Crippen LogP contribution in [0.2, 0.25) is 0 Å². The zero-order valence-electron chi connectivity index (χ0n) is 5.30. The Hall–Kier alpha value is -0.830. The molecule has 0 aromatic heterocycles. The van der Waals surface area contributed by atoms with E-state index in [0.29, 0.717) is 10.8 Å². The number of carbonyl (C=O) groups excluding carboxylic acids is 1. The first-order valence-corrected chi connectivity index (χ1v) is 3.26. The summed E-state index contributed by atoms with van der Waals surface area (Å²) in [5.41, 5.74) is 0.285. The van der Waals surface area contributed by atoms with Gasteiger partial charge in [0.15, 0.2) is 6.29 Å². The van der Waals surface area contributed by atoms with Gasteiger partial charge in [0, 0.05) is 10.1 Å². The lowest BCUT2D eigenvalue weighted by molar-refractivity contribution is -0.104. The summed E-state index contributed by atoms with van der Waals surface area (Å²) in [5.74, 6) is -0.164. The van der Waals surface area contributed by atoms with Crippen molar-refractivity contribution in [1.82, 2.24) is 0 Å². The molecule has 0 aliphatic heterocycles. The minimum absolute atomic E-state index is 0.164. The van der Waals surface area contributed by atoms with E-state index in [4.69, 9.17) is 5.11 Å². The van der Waals surface area contributed by atoms with Crippen molar-refractivity contribution in [2.24, 2.45) is 0 Å².